The zero-order valence-corrected chi connectivity index (χ0v) is 22.5. The summed E-state index contributed by atoms with van der Waals surface area (Å²) in [5.41, 5.74) is 0.332. The van der Waals surface area contributed by atoms with Gasteiger partial charge < -0.3 is 14.4 Å². The summed E-state index contributed by atoms with van der Waals surface area (Å²) in [7, 11) is 1.50. The lowest BCUT2D eigenvalue weighted by Crippen LogP contribution is -2.29. The van der Waals surface area contributed by atoms with Gasteiger partial charge in [-0.05, 0) is 24.3 Å². The normalized spacial score (nSPS) is 16.8. The summed E-state index contributed by atoms with van der Waals surface area (Å²) >= 11 is 24.6. The summed E-state index contributed by atoms with van der Waals surface area (Å²) in [4.78, 5) is 54.2. The minimum Gasteiger partial charge on any atom is -0.495 e. The fourth-order valence-electron chi connectivity index (χ4n) is 4.42. The van der Waals surface area contributed by atoms with E-state index in [2.05, 4.69) is 0 Å². The van der Waals surface area contributed by atoms with Crippen LogP contribution < -0.4 is 19.3 Å². The smallest absolute Gasteiger partial charge is 0.316 e. The third-order valence-corrected chi connectivity index (χ3v) is 8.03. The molecule has 5 rings (SSSR count). The fourth-order valence-corrected chi connectivity index (χ4v) is 5.43. The van der Waals surface area contributed by atoms with Crippen molar-refractivity contribution < 1.29 is 28.7 Å². The van der Waals surface area contributed by atoms with Gasteiger partial charge in [-0.25, -0.2) is 4.90 Å². The van der Waals surface area contributed by atoms with Gasteiger partial charge in [-0.3, -0.25) is 19.2 Å². The molecule has 12 heteroatoms. The number of methoxy groups -OCH3 is 1. The van der Waals surface area contributed by atoms with Crippen LogP contribution in [0.15, 0.2) is 48.5 Å². The molecule has 3 aromatic rings. The number of nitrogens with zero attached hydrogens (tertiary/aromatic N) is 2. The summed E-state index contributed by atoms with van der Waals surface area (Å²) in [6.45, 7) is 0.106. The number of esters is 1. The molecule has 8 nitrogen and oxygen atoms in total. The number of amides is 3. The first kappa shape index (κ1) is 26.3. The molecular formula is C26H16Cl4N2O6. The maximum absolute atomic E-state index is 13.1. The molecule has 0 radical (unpaired) electrons. The fraction of sp³-hybridized carbons (Fsp3) is 0.154. The van der Waals surface area contributed by atoms with E-state index in [9.17, 15) is 19.2 Å². The Balaban J connectivity index is 1.37. The molecule has 0 unspecified atom stereocenters. The van der Waals surface area contributed by atoms with Crippen molar-refractivity contribution in [1.29, 1.82) is 0 Å². The molecule has 0 aromatic heterocycles. The van der Waals surface area contributed by atoms with Crippen molar-refractivity contribution in [2.24, 2.45) is 5.92 Å². The maximum atomic E-state index is 13.1. The van der Waals surface area contributed by atoms with Crippen molar-refractivity contribution in [2.75, 3.05) is 23.5 Å². The number of halogens is 4. The highest BCUT2D eigenvalue weighted by Crippen LogP contribution is 2.46. The van der Waals surface area contributed by atoms with Crippen LogP contribution in [-0.2, 0) is 9.59 Å². The van der Waals surface area contributed by atoms with Crippen LogP contribution in [0.1, 0.15) is 27.1 Å². The number of hydrogen-bond acceptors (Lipinski definition) is 6. The van der Waals surface area contributed by atoms with Crippen LogP contribution >= 0.6 is 46.4 Å². The first-order valence-electron chi connectivity index (χ1n) is 11.1. The molecule has 0 spiro atoms. The number of fused-ring (bicyclic) bond motifs is 1. The first-order chi connectivity index (χ1) is 18.1. The van der Waals surface area contributed by atoms with Crippen molar-refractivity contribution in [2.45, 2.75) is 6.42 Å². The molecule has 2 heterocycles. The van der Waals surface area contributed by atoms with E-state index < -0.39 is 23.7 Å². The molecule has 1 atom stereocenters. The Bertz CT molecular complexity index is 1500. The number of hydrogen-bond donors (Lipinski definition) is 0. The Morgan fingerprint density at radius 3 is 2.13 bits per heavy atom. The standard InChI is InChI=1S/C26H16Cl4N2O6/c1-37-16-8-3-2-7-15(16)31-11-12(9-17(31)33)26(36)38-14-6-4-5-13(10-14)32-24(34)18-19(25(32)35)21(28)23(30)22(29)20(18)27/h2-8,10,12H,9,11H2,1H3/t12-/m1/s1. The molecule has 0 aliphatic carbocycles. The van der Waals surface area contributed by atoms with Gasteiger partial charge in [-0.2, -0.15) is 0 Å². The monoisotopic (exact) mass is 592 g/mol. The minimum absolute atomic E-state index is 0.0481. The van der Waals surface area contributed by atoms with Gasteiger partial charge in [0.15, 0.2) is 0 Å². The Kier molecular flexibility index (Phi) is 7.00. The van der Waals surface area contributed by atoms with Gasteiger partial charge in [0.1, 0.15) is 11.5 Å². The summed E-state index contributed by atoms with van der Waals surface area (Å²) in [5, 5.41) is -0.665. The van der Waals surface area contributed by atoms with Gasteiger partial charge in [-0.15, -0.1) is 0 Å². The predicted molar refractivity (Wildman–Crippen MR) is 143 cm³/mol. The van der Waals surface area contributed by atoms with Crippen molar-refractivity contribution >= 4 is 81.5 Å². The molecule has 3 amide bonds. The molecule has 0 bridgehead atoms. The topological polar surface area (TPSA) is 93.2 Å². The van der Waals surface area contributed by atoms with Crippen LogP contribution in [0, 0.1) is 5.92 Å². The van der Waals surface area contributed by atoms with Crippen LogP contribution in [-0.4, -0.2) is 37.3 Å². The highest BCUT2D eigenvalue weighted by molar-refractivity contribution is 6.56. The SMILES string of the molecule is COc1ccccc1N1C[C@H](C(=O)Oc2cccc(N3C(=O)c4c(Cl)c(Cl)c(Cl)c(Cl)c4C3=O)c2)CC1=O. The molecule has 1 fully saturated rings. The Labute approximate surface area is 236 Å². The number of carbonyl (C=O) groups excluding carboxylic acids is 4. The summed E-state index contributed by atoms with van der Waals surface area (Å²) < 4.78 is 10.9. The van der Waals surface area contributed by atoms with Crippen molar-refractivity contribution in [3.8, 4) is 11.5 Å². The zero-order chi connectivity index (χ0) is 27.3. The van der Waals surface area contributed by atoms with E-state index in [1.807, 2.05) is 0 Å². The van der Waals surface area contributed by atoms with E-state index in [4.69, 9.17) is 55.9 Å². The number of anilines is 2. The second kappa shape index (κ2) is 10.1. The van der Waals surface area contributed by atoms with Crippen molar-refractivity contribution in [1.82, 2.24) is 0 Å². The highest BCUT2D eigenvalue weighted by Gasteiger charge is 2.43. The molecule has 38 heavy (non-hydrogen) atoms. The van der Waals surface area contributed by atoms with Crippen LogP contribution in [0.4, 0.5) is 11.4 Å². The van der Waals surface area contributed by atoms with E-state index in [1.54, 1.807) is 24.3 Å². The molecular weight excluding hydrogens is 578 g/mol. The summed E-state index contributed by atoms with van der Waals surface area (Å²) in [5.74, 6) is -2.56. The number of ether oxygens (including phenoxy) is 2. The van der Waals surface area contributed by atoms with Crippen molar-refractivity contribution in [3.05, 3.63) is 79.7 Å². The quantitative estimate of drug-likeness (QED) is 0.117. The first-order valence-corrected chi connectivity index (χ1v) is 12.6. The maximum Gasteiger partial charge on any atom is 0.316 e. The Morgan fingerprint density at radius 1 is 0.868 bits per heavy atom. The zero-order valence-electron chi connectivity index (χ0n) is 19.5. The molecule has 194 valence electrons. The van der Waals surface area contributed by atoms with E-state index in [0.29, 0.717) is 11.4 Å². The lowest BCUT2D eigenvalue weighted by Gasteiger charge is -2.19. The van der Waals surface area contributed by atoms with Crippen molar-refractivity contribution in [3.63, 3.8) is 0 Å². The molecule has 1 saturated heterocycles. The van der Waals surface area contributed by atoms with Crippen LogP contribution in [0.2, 0.25) is 20.1 Å². The average molecular weight is 594 g/mol. The molecule has 2 aliphatic rings. The van der Waals surface area contributed by atoms with Gasteiger partial charge in [-0.1, -0.05) is 64.6 Å². The van der Waals surface area contributed by atoms with E-state index in [-0.39, 0.29) is 61.5 Å². The van der Waals surface area contributed by atoms with Crippen LogP contribution in [0.5, 0.6) is 11.5 Å². The Hall–Kier alpha value is -3.30. The van der Waals surface area contributed by atoms with E-state index >= 15 is 0 Å². The number of rotatable bonds is 5. The number of benzene rings is 3. The Morgan fingerprint density at radius 2 is 1.50 bits per heavy atom. The largest absolute Gasteiger partial charge is 0.495 e. The predicted octanol–water partition coefficient (Wildman–Crippen LogP) is 6.07. The van der Waals surface area contributed by atoms with Crippen LogP contribution in [0.25, 0.3) is 0 Å². The van der Waals surface area contributed by atoms with Gasteiger partial charge in [0.05, 0.1) is 55.6 Å². The minimum atomic E-state index is -0.757. The third kappa shape index (κ3) is 4.27. The van der Waals surface area contributed by atoms with Gasteiger partial charge in [0.2, 0.25) is 5.91 Å². The number of carbonyl (C=O) groups is 4. The lowest BCUT2D eigenvalue weighted by atomic mass is 10.1. The van der Waals surface area contributed by atoms with E-state index in [0.717, 1.165) is 4.90 Å². The molecule has 0 N–H and O–H groups in total. The summed E-state index contributed by atoms with van der Waals surface area (Å²) in [6, 6.07) is 12.8. The molecule has 0 saturated carbocycles. The second-order valence-corrected chi connectivity index (χ2v) is 9.96. The van der Waals surface area contributed by atoms with Gasteiger partial charge in [0, 0.05) is 19.0 Å². The highest BCUT2D eigenvalue weighted by atomic mass is 35.5. The summed E-state index contributed by atoms with van der Waals surface area (Å²) in [6.07, 6.45) is -0.0481. The van der Waals surface area contributed by atoms with Crippen LogP contribution in [0.3, 0.4) is 0 Å². The lowest BCUT2D eigenvalue weighted by molar-refractivity contribution is -0.139. The third-order valence-electron chi connectivity index (χ3n) is 6.23. The number of para-hydroxylation sites is 2. The average Bonchev–Trinajstić information content (AvgIpc) is 3.42. The van der Waals surface area contributed by atoms with Gasteiger partial charge in [0.25, 0.3) is 11.8 Å². The second-order valence-electron chi connectivity index (χ2n) is 8.45. The van der Waals surface area contributed by atoms with E-state index in [1.165, 1.54) is 36.3 Å². The van der Waals surface area contributed by atoms with Gasteiger partial charge >= 0.3 is 5.97 Å². The molecule has 3 aromatic carbocycles. The number of imide groups is 1. The molecule has 2 aliphatic heterocycles.